The molecule has 84 valence electrons. The highest BCUT2D eigenvalue weighted by Gasteiger charge is 2.20. The summed E-state index contributed by atoms with van der Waals surface area (Å²) in [7, 11) is -1.44. The van der Waals surface area contributed by atoms with Crippen molar-refractivity contribution in [2.24, 2.45) is 4.99 Å². The van der Waals surface area contributed by atoms with Gasteiger partial charge in [-0.25, -0.2) is 0 Å². The molecule has 0 aromatic carbocycles. The molecular weight excluding hydrogens is 194 g/mol. The van der Waals surface area contributed by atoms with Gasteiger partial charge in [-0.05, 0) is 38.9 Å². The third kappa shape index (κ3) is 6.29. The average molecular weight is 217 g/mol. The van der Waals surface area contributed by atoms with Gasteiger partial charge in [0.2, 0.25) is 0 Å². The first-order valence-electron chi connectivity index (χ1n) is 5.43. The van der Waals surface area contributed by atoms with E-state index in [2.05, 4.69) is 11.9 Å². The summed E-state index contributed by atoms with van der Waals surface area (Å²) < 4.78 is 11.3. The second kappa shape index (κ2) is 9.37. The lowest BCUT2D eigenvalue weighted by molar-refractivity contribution is 0.204. The van der Waals surface area contributed by atoms with Crippen LogP contribution in [0.4, 0.5) is 0 Å². The molecule has 0 aromatic heterocycles. The molecule has 4 heteroatoms. The van der Waals surface area contributed by atoms with Crippen molar-refractivity contribution in [1.29, 1.82) is 0 Å². The smallest absolute Gasteiger partial charge is 0.324 e. The number of rotatable bonds is 8. The van der Waals surface area contributed by atoms with Gasteiger partial charge in [0.1, 0.15) is 0 Å². The van der Waals surface area contributed by atoms with Gasteiger partial charge in [0, 0.05) is 19.8 Å². The van der Waals surface area contributed by atoms with Gasteiger partial charge < -0.3 is 8.85 Å². The van der Waals surface area contributed by atoms with Crippen molar-refractivity contribution < 1.29 is 8.85 Å². The molecule has 0 rings (SSSR count). The number of nitrogens with zero attached hydrogens (tertiary/aromatic N) is 1. The zero-order valence-electron chi connectivity index (χ0n) is 9.82. The van der Waals surface area contributed by atoms with Crippen LogP contribution in [-0.4, -0.2) is 35.3 Å². The van der Waals surface area contributed by atoms with Gasteiger partial charge in [0.15, 0.2) is 0 Å². The normalized spacial score (nSPS) is 14.1. The molecular formula is C10H23NO2Si. The van der Waals surface area contributed by atoms with Crippen molar-refractivity contribution in [3.63, 3.8) is 0 Å². The monoisotopic (exact) mass is 217 g/mol. The molecule has 0 heterocycles. The zero-order chi connectivity index (χ0) is 10.8. The maximum Gasteiger partial charge on any atom is 0.324 e. The Balaban J connectivity index is 3.80. The molecule has 0 saturated carbocycles. The predicted octanol–water partition coefficient (Wildman–Crippen LogP) is 2.15. The van der Waals surface area contributed by atoms with E-state index >= 15 is 0 Å². The Labute approximate surface area is 89.4 Å². The highest BCUT2D eigenvalue weighted by atomic mass is 28.3. The third-order valence-corrected chi connectivity index (χ3v) is 4.61. The van der Waals surface area contributed by atoms with Gasteiger partial charge in [-0.1, -0.05) is 6.92 Å². The van der Waals surface area contributed by atoms with Crippen LogP contribution in [0.5, 0.6) is 0 Å². The minimum Gasteiger partial charge on any atom is -0.397 e. The van der Waals surface area contributed by atoms with Gasteiger partial charge in [-0.2, -0.15) is 0 Å². The van der Waals surface area contributed by atoms with E-state index in [1.54, 1.807) is 0 Å². The second-order valence-corrected chi connectivity index (χ2v) is 5.75. The Morgan fingerprint density at radius 1 is 1.29 bits per heavy atom. The molecule has 0 N–H and O–H groups in total. The summed E-state index contributed by atoms with van der Waals surface area (Å²) in [6.07, 6.45) is 2.92. The zero-order valence-corrected chi connectivity index (χ0v) is 11.0. The van der Waals surface area contributed by atoms with Gasteiger partial charge in [0.25, 0.3) is 0 Å². The summed E-state index contributed by atoms with van der Waals surface area (Å²) >= 11 is 0. The highest BCUT2D eigenvalue weighted by Crippen LogP contribution is 2.16. The molecule has 0 aromatic rings. The van der Waals surface area contributed by atoms with Crippen LogP contribution < -0.4 is 0 Å². The average Bonchev–Trinajstić information content (AvgIpc) is 2.18. The first-order valence-corrected chi connectivity index (χ1v) is 7.04. The molecule has 0 aliphatic carbocycles. The lowest BCUT2D eigenvalue weighted by Gasteiger charge is -2.20. The van der Waals surface area contributed by atoms with Crippen LogP contribution in [0, 0.1) is 0 Å². The van der Waals surface area contributed by atoms with E-state index in [0.717, 1.165) is 26.2 Å². The number of hydrogen-bond acceptors (Lipinski definition) is 3. The van der Waals surface area contributed by atoms with E-state index in [1.165, 1.54) is 0 Å². The van der Waals surface area contributed by atoms with Gasteiger partial charge in [-0.3, -0.25) is 4.99 Å². The number of hydrogen-bond donors (Lipinski definition) is 0. The van der Waals surface area contributed by atoms with Crippen molar-refractivity contribution in [3.05, 3.63) is 0 Å². The van der Waals surface area contributed by atoms with E-state index < -0.39 is 9.28 Å². The Morgan fingerprint density at radius 2 is 1.86 bits per heavy atom. The van der Waals surface area contributed by atoms with E-state index in [4.69, 9.17) is 8.85 Å². The quantitative estimate of drug-likeness (QED) is 0.461. The highest BCUT2D eigenvalue weighted by molar-refractivity contribution is 6.46. The van der Waals surface area contributed by atoms with Crippen LogP contribution >= 0.6 is 0 Å². The fourth-order valence-corrected chi connectivity index (χ4v) is 3.08. The van der Waals surface area contributed by atoms with Crippen LogP contribution in [-0.2, 0) is 8.85 Å². The Hall–Kier alpha value is -0.193. The summed E-state index contributed by atoms with van der Waals surface area (Å²) in [6.45, 7) is 10.6. The lowest BCUT2D eigenvalue weighted by Crippen LogP contribution is -2.28. The topological polar surface area (TPSA) is 30.8 Å². The standard InChI is InChI=1S/C10H23NO2Si/c1-5-11-9-8-10(4)14(12-6-2)13-7-3/h5,10,14H,6-9H2,1-4H3. The van der Waals surface area contributed by atoms with Crippen molar-refractivity contribution in [3.8, 4) is 0 Å². The van der Waals surface area contributed by atoms with E-state index in [9.17, 15) is 0 Å². The minimum absolute atomic E-state index is 0.540. The maximum atomic E-state index is 5.64. The molecule has 1 atom stereocenters. The van der Waals surface area contributed by atoms with Crippen molar-refractivity contribution in [1.82, 2.24) is 0 Å². The Morgan fingerprint density at radius 3 is 2.29 bits per heavy atom. The summed E-state index contributed by atoms with van der Waals surface area (Å²) in [5.41, 5.74) is 0.540. The molecule has 0 spiro atoms. The molecule has 0 aliphatic rings. The summed E-state index contributed by atoms with van der Waals surface area (Å²) in [5, 5.41) is 0. The van der Waals surface area contributed by atoms with Crippen LogP contribution in [0.15, 0.2) is 4.99 Å². The fourth-order valence-electron chi connectivity index (χ4n) is 1.25. The van der Waals surface area contributed by atoms with Crippen LogP contribution in [0.3, 0.4) is 0 Å². The van der Waals surface area contributed by atoms with Crippen LogP contribution in [0.25, 0.3) is 0 Å². The largest absolute Gasteiger partial charge is 0.397 e. The molecule has 14 heavy (non-hydrogen) atoms. The van der Waals surface area contributed by atoms with Gasteiger partial charge in [-0.15, -0.1) is 0 Å². The lowest BCUT2D eigenvalue weighted by atomic mass is 10.3. The van der Waals surface area contributed by atoms with E-state index in [1.807, 2.05) is 27.0 Å². The molecule has 0 saturated heterocycles. The van der Waals surface area contributed by atoms with Crippen LogP contribution in [0.2, 0.25) is 5.54 Å². The summed E-state index contributed by atoms with van der Waals surface area (Å²) in [5.74, 6) is 0. The van der Waals surface area contributed by atoms with Crippen molar-refractivity contribution in [2.75, 3.05) is 19.8 Å². The van der Waals surface area contributed by atoms with Crippen LogP contribution in [0.1, 0.15) is 34.1 Å². The van der Waals surface area contributed by atoms with Crippen molar-refractivity contribution >= 4 is 15.5 Å². The first-order chi connectivity index (χ1) is 6.76. The number of aliphatic imine (C=N–C) groups is 1. The molecule has 3 nitrogen and oxygen atoms in total. The Kier molecular flexibility index (Phi) is 9.24. The maximum absolute atomic E-state index is 5.64. The molecule has 0 radical (unpaired) electrons. The Bertz CT molecular complexity index is 147. The van der Waals surface area contributed by atoms with Gasteiger partial charge >= 0.3 is 9.28 Å². The molecule has 1 unspecified atom stereocenters. The minimum atomic E-state index is -1.44. The van der Waals surface area contributed by atoms with Crippen molar-refractivity contribution in [2.45, 2.75) is 39.7 Å². The fraction of sp³-hybridized carbons (Fsp3) is 0.900. The SMILES string of the molecule is CC=NCCC(C)[SiH](OCC)OCC. The third-order valence-electron chi connectivity index (χ3n) is 2.02. The molecule has 0 amide bonds. The van der Waals surface area contributed by atoms with Gasteiger partial charge in [0.05, 0.1) is 0 Å². The molecule has 0 bridgehead atoms. The predicted molar refractivity (Wildman–Crippen MR) is 63.5 cm³/mol. The summed E-state index contributed by atoms with van der Waals surface area (Å²) in [4.78, 5) is 4.20. The van der Waals surface area contributed by atoms with E-state index in [0.29, 0.717) is 5.54 Å². The second-order valence-electron chi connectivity index (χ2n) is 3.21. The molecule has 0 fully saturated rings. The summed E-state index contributed by atoms with van der Waals surface area (Å²) in [6, 6.07) is 0. The molecule has 0 aliphatic heterocycles. The van der Waals surface area contributed by atoms with E-state index in [-0.39, 0.29) is 0 Å². The first kappa shape index (κ1) is 13.8.